The van der Waals surface area contributed by atoms with Gasteiger partial charge in [0.1, 0.15) is 5.56 Å². The number of nitrogens with zero attached hydrogens (tertiary/aromatic N) is 5. The zero-order valence-electron chi connectivity index (χ0n) is 17.6. The molecule has 1 aromatic carbocycles. The molecule has 0 saturated carbocycles. The number of amides is 1. The molecule has 1 amide bonds. The highest BCUT2D eigenvalue weighted by atomic mass is 35.5. The lowest BCUT2D eigenvalue weighted by molar-refractivity contribution is 0.0748. The van der Waals surface area contributed by atoms with E-state index in [1.807, 2.05) is 29.2 Å². The van der Waals surface area contributed by atoms with E-state index >= 15 is 0 Å². The van der Waals surface area contributed by atoms with Gasteiger partial charge in [0.25, 0.3) is 5.91 Å². The van der Waals surface area contributed by atoms with Crippen LogP contribution in [-0.4, -0.2) is 57.4 Å². The molecule has 3 heterocycles. The SMILES string of the molecule is CC1(C)CC(=O)c2cnc3c(C(=O)N4CCN(c5cccc(Cl)c5)CC4)cnn3c2C1. The normalized spacial score (nSPS) is 18.4. The van der Waals surface area contributed by atoms with Crippen molar-refractivity contribution in [1.82, 2.24) is 19.5 Å². The number of anilines is 1. The minimum atomic E-state index is -0.134. The Hall–Kier alpha value is -2.93. The van der Waals surface area contributed by atoms with Gasteiger partial charge in [0.2, 0.25) is 0 Å². The van der Waals surface area contributed by atoms with Gasteiger partial charge in [-0.15, -0.1) is 0 Å². The third kappa shape index (κ3) is 3.57. The standard InChI is InChI=1S/C23H24ClN5O2/c1-23(2)11-19-17(20(30)12-23)13-25-21-18(14-26-29(19)21)22(31)28-8-6-27(7-9-28)16-5-3-4-15(24)10-16/h3-5,10,13-14H,6-9,11-12H2,1-2H3. The molecule has 7 nitrogen and oxygen atoms in total. The molecule has 1 saturated heterocycles. The predicted molar refractivity (Wildman–Crippen MR) is 119 cm³/mol. The highest BCUT2D eigenvalue weighted by molar-refractivity contribution is 6.30. The van der Waals surface area contributed by atoms with Crippen LogP contribution in [0, 0.1) is 5.41 Å². The van der Waals surface area contributed by atoms with Gasteiger partial charge < -0.3 is 9.80 Å². The van der Waals surface area contributed by atoms with E-state index in [1.165, 1.54) is 0 Å². The molecule has 0 spiro atoms. The van der Waals surface area contributed by atoms with Crippen molar-refractivity contribution < 1.29 is 9.59 Å². The minimum absolute atomic E-state index is 0.0745. The van der Waals surface area contributed by atoms with Crippen LogP contribution in [-0.2, 0) is 6.42 Å². The van der Waals surface area contributed by atoms with Gasteiger partial charge in [0.15, 0.2) is 11.4 Å². The number of ketones is 1. The lowest BCUT2D eigenvalue weighted by Crippen LogP contribution is -2.48. The monoisotopic (exact) mass is 437 g/mol. The summed E-state index contributed by atoms with van der Waals surface area (Å²) in [5.41, 5.74) is 3.39. The Morgan fingerprint density at radius 3 is 2.61 bits per heavy atom. The number of aromatic nitrogens is 3. The van der Waals surface area contributed by atoms with E-state index in [-0.39, 0.29) is 17.1 Å². The molecule has 1 aliphatic heterocycles. The van der Waals surface area contributed by atoms with Crippen LogP contribution in [0.25, 0.3) is 5.65 Å². The van der Waals surface area contributed by atoms with Crippen LogP contribution >= 0.6 is 11.6 Å². The molecule has 3 aromatic rings. The van der Waals surface area contributed by atoms with E-state index in [0.29, 0.717) is 41.3 Å². The number of rotatable bonds is 2. The van der Waals surface area contributed by atoms with Crippen LogP contribution in [0.1, 0.15) is 46.7 Å². The first kappa shape index (κ1) is 20.0. The maximum Gasteiger partial charge on any atom is 0.259 e. The minimum Gasteiger partial charge on any atom is -0.368 e. The number of piperazine rings is 1. The van der Waals surface area contributed by atoms with Crippen molar-refractivity contribution in [3.05, 3.63) is 58.5 Å². The van der Waals surface area contributed by atoms with Crippen molar-refractivity contribution >= 4 is 34.6 Å². The molecule has 31 heavy (non-hydrogen) atoms. The summed E-state index contributed by atoms with van der Waals surface area (Å²) in [5.74, 6) is 0.00996. The van der Waals surface area contributed by atoms with E-state index in [9.17, 15) is 9.59 Å². The van der Waals surface area contributed by atoms with E-state index in [1.54, 1.807) is 16.9 Å². The van der Waals surface area contributed by atoms with Gasteiger partial charge in [0, 0.05) is 49.5 Å². The third-order valence-corrected chi connectivity index (χ3v) is 6.42. The second-order valence-corrected chi connectivity index (χ2v) is 9.55. The van der Waals surface area contributed by atoms with Crippen LogP contribution in [0.2, 0.25) is 5.02 Å². The first-order valence-corrected chi connectivity index (χ1v) is 10.9. The second-order valence-electron chi connectivity index (χ2n) is 9.11. The Kier molecular flexibility index (Phi) is 4.73. The lowest BCUT2D eigenvalue weighted by atomic mass is 9.76. The van der Waals surface area contributed by atoms with Crippen LogP contribution in [0.5, 0.6) is 0 Å². The largest absolute Gasteiger partial charge is 0.368 e. The van der Waals surface area contributed by atoms with Crippen LogP contribution < -0.4 is 4.90 Å². The maximum atomic E-state index is 13.3. The zero-order chi connectivity index (χ0) is 21.8. The van der Waals surface area contributed by atoms with Crippen molar-refractivity contribution in [2.75, 3.05) is 31.1 Å². The molecule has 160 valence electrons. The van der Waals surface area contributed by atoms with Crippen molar-refractivity contribution in [2.24, 2.45) is 5.41 Å². The second kappa shape index (κ2) is 7.34. The predicted octanol–water partition coefficient (Wildman–Crippen LogP) is 3.50. The number of Topliss-reactive ketones (excluding diaryl/α,β-unsaturated/α-hetero) is 1. The number of carbonyl (C=O) groups is 2. The number of fused-ring (bicyclic) bond motifs is 3. The summed E-state index contributed by atoms with van der Waals surface area (Å²) >= 11 is 6.11. The summed E-state index contributed by atoms with van der Waals surface area (Å²) < 4.78 is 1.68. The Morgan fingerprint density at radius 1 is 1.10 bits per heavy atom. The molecule has 5 rings (SSSR count). The smallest absolute Gasteiger partial charge is 0.259 e. The van der Waals surface area contributed by atoms with E-state index in [2.05, 4.69) is 28.8 Å². The number of hydrogen-bond acceptors (Lipinski definition) is 5. The molecular formula is C23H24ClN5O2. The number of carbonyl (C=O) groups excluding carboxylic acids is 2. The van der Waals surface area contributed by atoms with Crippen LogP contribution in [0.4, 0.5) is 5.69 Å². The fourth-order valence-electron chi connectivity index (χ4n) is 4.59. The Bertz CT molecular complexity index is 1190. The van der Waals surface area contributed by atoms with Gasteiger partial charge in [0.05, 0.1) is 17.5 Å². The Labute approximate surface area is 185 Å². The van der Waals surface area contributed by atoms with Crippen molar-refractivity contribution in [3.63, 3.8) is 0 Å². The van der Waals surface area contributed by atoms with Crippen LogP contribution in [0.15, 0.2) is 36.7 Å². The van der Waals surface area contributed by atoms with Crippen molar-refractivity contribution in [1.29, 1.82) is 0 Å². The molecule has 0 N–H and O–H groups in total. The first-order chi connectivity index (χ1) is 14.8. The first-order valence-electron chi connectivity index (χ1n) is 10.5. The number of benzene rings is 1. The molecule has 0 atom stereocenters. The summed E-state index contributed by atoms with van der Waals surface area (Å²) in [6.07, 6.45) is 4.41. The maximum absolute atomic E-state index is 13.3. The van der Waals surface area contributed by atoms with Gasteiger partial charge >= 0.3 is 0 Å². The third-order valence-electron chi connectivity index (χ3n) is 6.18. The fraction of sp³-hybridized carbons (Fsp3) is 0.391. The molecule has 0 unspecified atom stereocenters. The van der Waals surface area contributed by atoms with Crippen LogP contribution in [0.3, 0.4) is 0 Å². The van der Waals surface area contributed by atoms with Crippen molar-refractivity contribution in [3.8, 4) is 0 Å². The summed E-state index contributed by atoms with van der Waals surface area (Å²) in [5, 5.41) is 5.16. The molecule has 2 aliphatic rings. The molecule has 1 fully saturated rings. The van der Waals surface area contributed by atoms with E-state index < -0.39 is 0 Å². The highest BCUT2D eigenvalue weighted by Crippen LogP contribution is 2.34. The van der Waals surface area contributed by atoms with Gasteiger partial charge in [-0.05, 0) is 30.0 Å². The summed E-state index contributed by atoms with van der Waals surface area (Å²) in [4.78, 5) is 34.3. The average molecular weight is 438 g/mol. The molecule has 8 heteroatoms. The van der Waals surface area contributed by atoms with Gasteiger partial charge in [-0.25, -0.2) is 9.50 Å². The van der Waals surface area contributed by atoms with E-state index in [4.69, 9.17) is 11.6 Å². The van der Waals surface area contributed by atoms with Gasteiger partial charge in [-0.1, -0.05) is 31.5 Å². The van der Waals surface area contributed by atoms with Gasteiger partial charge in [-0.3, -0.25) is 9.59 Å². The Morgan fingerprint density at radius 2 is 1.87 bits per heavy atom. The van der Waals surface area contributed by atoms with Crippen molar-refractivity contribution in [2.45, 2.75) is 26.7 Å². The number of hydrogen-bond donors (Lipinski definition) is 0. The summed E-state index contributed by atoms with van der Waals surface area (Å²) in [6, 6.07) is 7.77. The molecule has 2 aromatic heterocycles. The fourth-order valence-corrected chi connectivity index (χ4v) is 4.77. The highest BCUT2D eigenvalue weighted by Gasteiger charge is 2.34. The topological polar surface area (TPSA) is 70.8 Å². The molecule has 1 aliphatic carbocycles. The molecular weight excluding hydrogens is 414 g/mol. The molecule has 0 radical (unpaired) electrons. The zero-order valence-corrected chi connectivity index (χ0v) is 18.4. The quantitative estimate of drug-likeness (QED) is 0.613. The number of halogens is 1. The summed E-state index contributed by atoms with van der Waals surface area (Å²) in [6.45, 7) is 6.84. The molecule has 0 bridgehead atoms. The van der Waals surface area contributed by atoms with E-state index in [0.717, 1.165) is 30.9 Å². The average Bonchev–Trinajstić information content (AvgIpc) is 3.17. The summed E-state index contributed by atoms with van der Waals surface area (Å²) in [7, 11) is 0. The lowest BCUT2D eigenvalue weighted by Gasteiger charge is -2.36. The van der Waals surface area contributed by atoms with Gasteiger partial charge in [-0.2, -0.15) is 5.10 Å². The Balaban J connectivity index is 1.38.